The minimum atomic E-state index is -1.95. The molecule has 0 radical (unpaired) electrons. The summed E-state index contributed by atoms with van der Waals surface area (Å²) in [6.45, 7) is 3.06. The van der Waals surface area contributed by atoms with Crippen molar-refractivity contribution in [3.05, 3.63) is 10.1 Å². The second kappa shape index (κ2) is 4.73. The summed E-state index contributed by atoms with van der Waals surface area (Å²) in [5.41, 5.74) is -1.01. The Bertz CT molecular complexity index is 217. The number of nitrogens with zero attached hydrogens (tertiary/aromatic N) is 1. The Balaban J connectivity index is 4.27. The summed E-state index contributed by atoms with van der Waals surface area (Å²) < 4.78 is 4.64. The third kappa shape index (κ3) is 3.88. The second-order valence-electron chi connectivity index (χ2n) is 3.23. The molecule has 6 heteroatoms. The van der Waals surface area contributed by atoms with Crippen LogP contribution in [0, 0.1) is 10.1 Å². The van der Waals surface area contributed by atoms with Crippen molar-refractivity contribution in [3.63, 3.8) is 0 Å². The molecule has 0 rings (SSSR count). The monoisotopic (exact) mass is 303 g/mol. The molecule has 0 aromatic rings. The SMILES string of the molecule is COC(=O)I(C)CC(C)(C)[N+](=O)[O-]. The van der Waals surface area contributed by atoms with Gasteiger partial charge in [-0.05, 0) is 0 Å². The Morgan fingerprint density at radius 1 is 1.62 bits per heavy atom. The number of halogens is 1. The molecular weight excluding hydrogens is 289 g/mol. The minimum absolute atomic E-state index is 0.251. The van der Waals surface area contributed by atoms with Gasteiger partial charge in [-0.15, -0.1) is 0 Å². The number of alkyl halides is 2. The van der Waals surface area contributed by atoms with Crippen molar-refractivity contribution >= 4 is 23.8 Å². The Morgan fingerprint density at radius 2 is 2.08 bits per heavy atom. The van der Waals surface area contributed by atoms with Crippen LogP contribution in [-0.2, 0) is 4.74 Å². The summed E-state index contributed by atoms with van der Waals surface area (Å²) in [5, 5.41) is 10.5. The van der Waals surface area contributed by atoms with Crippen molar-refractivity contribution in [2.75, 3.05) is 16.5 Å². The van der Waals surface area contributed by atoms with Gasteiger partial charge < -0.3 is 0 Å². The van der Waals surface area contributed by atoms with Crippen molar-refractivity contribution < 1.29 is 14.5 Å². The van der Waals surface area contributed by atoms with Crippen LogP contribution in [0.3, 0.4) is 0 Å². The predicted octanol–water partition coefficient (Wildman–Crippen LogP) is 1.94. The molecule has 0 aliphatic carbocycles. The van der Waals surface area contributed by atoms with Crippen molar-refractivity contribution in [1.82, 2.24) is 0 Å². The first kappa shape index (κ1) is 12.6. The van der Waals surface area contributed by atoms with Crippen LogP contribution in [0.25, 0.3) is 0 Å². The van der Waals surface area contributed by atoms with E-state index in [9.17, 15) is 14.9 Å². The topological polar surface area (TPSA) is 69.4 Å². The number of carbonyl (C=O) groups is 1. The number of carbonyl (C=O) groups excluding carboxylic acids is 1. The van der Waals surface area contributed by atoms with Gasteiger partial charge in [0.25, 0.3) is 0 Å². The zero-order valence-electron chi connectivity index (χ0n) is 8.17. The van der Waals surface area contributed by atoms with E-state index in [1.54, 1.807) is 4.93 Å². The summed E-state index contributed by atoms with van der Waals surface area (Å²) in [5.74, 6) is 0. The van der Waals surface area contributed by atoms with E-state index in [1.807, 2.05) is 0 Å². The predicted molar refractivity (Wildman–Crippen MR) is 58.3 cm³/mol. The molecule has 0 unspecified atom stereocenters. The number of nitro groups is 1. The average Bonchev–Trinajstić information content (AvgIpc) is 2.01. The summed E-state index contributed by atoms with van der Waals surface area (Å²) in [4.78, 5) is 23.0. The molecule has 0 saturated carbocycles. The third-order valence-electron chi connectivity index (χ3n) is 1.45. The van der Waals surface area contributed by atoms with Gasteiger partial charge in [0.2, 0.25) is 0 Å². The molecule has 0 aliphatic heterocycles. The number of rotatable bonds is 4. The maximum absolute atomic E-state index is 11.0. The number of hydrogen-bond donors (Lipinski definition) is 0. The Kier molecular flexibility index (Phi) is 4.58. The van der Waals surface area contributed by atoms with E-state index in [2.05, 4.69) is 4.74 Å². The van der Waals surface area contributed by atoms with E-state index in [4.69, 9.17) is 0 Å². The summed E-state index contributed by atoms with van der Waals surface area (Å²) in [7, 11) is 1.31. The van der Waals surface area contributed by atoms with Crippen molar-refractivity contribution in [3.8, 4) is 0 Å². The normalized spacial score (nSPS) is 12.2. The van der Waals surface area contributed by atoms with Crippen LogP contribution in [0.2, 0.25) is 0 Å². The van der Waals surface area contributed by atoms with E-state index >= 15 is 0 Å². The van der Waals surface area contributed by atoms with Gasteiger partial charge in [0.15, 0.2) is 0 Å². The van der Waals surface area contributed by atoms with E-state index in [1.165, 1.54) is 21.0 Å². The van der Waals surface area contributed by atoms with E-state index < -0.39 is 25.4 Å². The zero-order valence-corrected chi connectivity index (χ0v) is 10.3. The first-order valence-electron chi connectivity index (χ1n) is 3.59. The summed E-state index contributed by atoms with van der Waals surface area (Å²) >= 11 is -1.95. The molecule has 0 aromatic carbocycles. The molecule has 0 N–H and O–H groups in total. The van der Waals surface area contributed by atoms with Crippen molar-refractivity contribution in [1.29, 1.82) is 0 Å². The third-order valence-corrected chi connectivity index (χ3v) is 6.40. The number of hydrogen-bond acceptors (Lipinski definition) is 4. The quantitative estimate of drug-likeness (QED) is 0.262. The van der Waals surface area contributed by atoms with E-state index in [0.29, 0.717) is 4.43 Å². The van der Waals surface area contributed by atoms with Crippen LogP contribution in [0.1, 0.15) is 13.8 Å². The fourth-order valence-electron chi connectivity index (χ4n) is 0.726. The molecule has 0 amide bonds. The zero-order chi connectivity index (χ0) is 10.6. The summed E-state index contributed by atoms with van der Waals surface area (Å²) in [6, 6.07) is 0. The summed E-state index contributed by atoms with van der Waals surface area (Å²) in [6.07, 6.45) is 0. The fourth-order valence-corrected chi connectivity index (χ4v) is 4.87. The molecule has 0 heterocycles. The second-order valence-corrected chi connectivity index (χ2v) is 8.25. The van der Waals surface area contributed by atoms with Crippen LogP contribution < -0.4 is 0 Å². The van der Waals surface area contributed by atoms with Crippen LogP contribution in [0.4, 0.5) is 4.79 Å². The molecule has 0 bridgehead atoms. The molecule has 13 heavy (non-hydrogen) atoms. The molecule has 0 fully saturated rings. The maximum atomic E-state index is 11.0. The Labute approximate surface area is 84.4 Å². The van der Waals surface area contributed by atoms with Gasteiger partial charge in [0.1, 0.15) is 0 Å². The van der Waals surface area contributed by atoms with Gasteiger partial charge in [0.05, 0.1) is 0 Å². The van der Waals surface area contributed by atoms with Crippen LogP contribution in [0.5, 0.6) is 0 Å². The van der Waals surface area contributed by atoms with Crippen molar-refractivity contribution in [2.24, 2.45) is 0 Å². The molecular formula is C7H14INO4. The Morgan fingerprint density at radius 3 is 2.38 bits per heavy atom. The van der Waals surface area contributed by atoms with Crippen LogP contribution >= 0.6 is 19.8 Å². The van der Waals surface area contributed by atoms with Gasteiger partial charge in [-0.1, -0.05) is 0 Å². The number of ether oxygens (including phenoxy) is 1. The van der Waals surface area contributed by atoms with Crippen molar-refractivity contribution in [2.45, 2.75) is 19.4 Å². The van der Waals surface area contributed by atoms with E-state index in [-0.39, 0.29) is 8.90 Å². The van der Waals surface area contributed by atoms with Gasteiger partial charge in [-0.2, -0.15) is 0 Å². The molecule has 0 spiro atoms. The Hall–Kier alpha value is -0.400. The van der Waals surface area contributed by atoms with Gasteiger partial charge in [-0.3, -0.25) is 0 Å². The first-order chi connectivity index (χ1) is 5.81. The molecule has 0 aromatic heterocycles. The molecule has 0 aliphatic rings. The van der Waals surface area contributed by atoms with Crippen LogP contribution in [-0.4, -0.2) is 30.9 Å². The van der Waals surface area contributed by atoms with E-state index in [0.717, 1.165) is 0 Å². The molecule has 0 saturated heterocycles. The first-order valence-corrected chi connectivity index (χ1v) is 8.35. The molecule has 0 atom stereocenters. The van der Waals surface area contributed by atoms with Crippen LogP contribution in [0.15, 0.2) is 0 Å². The average molecular weight is 303 g/mol. The van der Waals surface area contributed by atoms with Gasteiger partial charge in [-0.25, -0.2) is 0 Å². The standard InChI is InChI=1S/C7H14INO4/c1-7(2,9(11)12)5-8(3)6(10)13-4/h5H2,1-4H3. The fraction of sp³-hybridized carbons (Fsp3) is 0.857. The number of methoxy groups -OCH3 is 1. The molecule has 78 valence electrons. The van der Waals surface area contributed by atoms with Gasteiger partial charge in [0, 0.05) is 0 Å². The molecule has 5 nitrogen and oxygen atoms in total. The van der Waals surface area contributed by atoms with Gasteiger partial charge >= 0.3 is 84.2 Å².